The molecule has 0 radical (unpaired) electrons. The molecule has 0 aliphatic rings. The number of hydrogen-bond acceptors (Lipinski definition) is 4. The molecule has 19 heavy (non-hydrogen) atoms. The van der Waals surface area contributed by atoms with Crippen LogP contribution in [-0.4, -0.2) is 35.1 Å². The molecule has 1 heterocycles. The standard InChI is InChI=1S/C14H19N3O2/c1-10(9-18)15-7-12-8-16-17-14(12)11-3-5-13(19-2)6-4-11/h3-6,8,10,15,18H,7,9H2,1-2H3,(H,16,17). The number of aromatic amines is 1. The van der Waals surface area contributed by atoms with Gasteiger partial charge in [0.25, 0.3) is 0 Å². The second kappa shape index (κ2) is 6.36. The van der Waals surface area contributed by atoms with E-state index in [9.17, 15) is 0 Å². The summed E-state index contributed by atoms with van der Waals surface area (Å²) in [6.07, 6.45) is 1.80. The summed E-state index contributed by atoms with van der Waals surface area (Å²) in [7, 11) is 1.65. The van der Waals surface area contributed by atoms with Crippen LogP contribution in [0.15, 0.2) is 30.5 Å². The molecule has 1 aromatic carbocycles. The molecule has 0 bridgehead atoms. The SMILES string of the molecule is COc1ccc(-c2[nH]ncc2CNC(C)CO)cc1. The predicted molar refractivity (Wildman–Crippen MR) is 74.0 cm³/mol. The van der Waals surface area contributed by atoms with Crippen LogP contribution in [0.3, 0.4) is 0 Å². The monoisotopic (exact) mass is 261 g/mol. The Kier molecular flexibility index (Phi) is 4.54. The Hall–Kier alpha value is -1.85. The van der Waals surface area contributed by atoms with E-state index >= 15 is 0 Å². The number of nitrogens with one attached hydrogen (secondary N) is 2. The molecule has 2 aromatic rings. The van der Waals surface area contributed by atoms with E-state index in [2.05, 4.69) is 15.5 Å². The van der Waals surface area contributed by atoms with Crippen molar-refractivity contribution in [2.75, 3.05) is 13.7 Å². The highest BCUT2D eigenvalue weighted by molar-refractivity contribution is 5.63. The maximum atomic E-state index is 9.01. The highest BCUT2D eigenvalue weighted by Gasteiger charge is 2.08. The van der Waals surface area contributed by atoms with Gasteiger partial charge in [-0.1, -0.05) is 0 Å². The molecule has 0 amide bonds. The minimum Gasteiger partial charge on any atom is -0.497 e. The van der Waals surface area contributed by atoms with Gasteiger partial charge >= 0.3 is 0 Å². The normalized spacial score (nSPS) is 12.4. The Morgan fingerprint density at radius 2 is 2.11 bits per heavy atom. The lowest BCUT2D eigenvalue weighted by Crippen LogP contribution is -2.28. The second-order valence-corrected chi connectivity index (χ2v) is 4.46. The Morgan fingerprint density at radius 1 is 1.37 bits per heavy atom. The van der Waals surface area contributed by atoms with Crippen molar-refractivity contribution in [3.63, 3.8) is 0 Å². The van der Waals surface area contributed by atoms with Crippen molar-refractivity contribution < 1.29 is 9.84 Å². The molecule has 1 atom stereocenters. The first-order chi connectivity index (χ1) is 9.24. The zero-order valence-corrected chi connectivity index (χ0v) is 11.2. The molecule has 0 saturated heterocycles. The van der Waals surface area contributed by atoms with Gasteiger partial charge in [-0.3, -0.25) is 5.10 Å². The number of aliphatic hydroxyl groups is 1. The summed E-state index contributed by atoms with van der Waals surface area (Å²) in [5.41, 5.74) is 3.12. The molecule has 0 aliphatic heterocycles. The number of methoxy groups -OCH3 is 1. The summed E-state index contributed by atoms with van der Waals surface area (Å²) in [5, 5.41) is 19.3. The molecule has 102 valence electrons. The third kappa shape index (κ3) is 3.33. The molecule has 1 unspecified atom stereocenters. The summed E-state index contributed by atoms with van der Waals surface area (Å²) in [6, 6.07) is 7.89. The molecule has 2 rings (SSSR count). The second-order valence-electron chi connectivity index (χ2n) is 4.46. The molecular formula is C14H19N3O2. The summed E-state index contributed by atoms with van der Waals surface area (Å²) in [6.45, 7) is 2.72. The molecule has 1 aromatic heterocycles. The van der Waals surface area contributed by atoms with Crippen LogP contribution in [0.4, 0.5) is 0 Å². The van der Waals surface area contributed by atoms with Gasteiger partial charge in [-0.25, -0.2) is 0 Å². The van der Waals surface area contributed by atoms with E-state index in [1.807, 2.05) is 31.2 Å². The first-order valence-corrected chi connectivity index (χ1v) is 6.25. The van der Waals surface area contributed by atoms with Crippen LogP contribution < -0.4 is 10.1 Å². The van der Waals surface area contributed by atoms with Gasteiger partial charge in [0, 0.05) is 23.7 Å². The number of hydrogen-bond donors (Lipinski definition) is 3. The Balaban J connectivity index is 2.13. The number of rotatable bonds is 6. The highest BCUT2D eigenvalue weighted by Crippen LogP contribution is 2.23. The van der Waals surface area contributed by atoms with E-state index < -0.39 is 0 Å². The van der Waals surface area contributed by atoms with Crippen LogP contribution >= 0.6 is 0 Å². The Labute approximate surface area is 112 Å². The maximum absolute atomic E-state index is 9.01. The zero-order chi connectivity index (χ0) is 13.7. The fourth-order valence-electron chi connectivity index (χ4n) is 1.80. The van der Waals surface area contributed by atoms with Gasteiger partial charge in [0.05, 0.1) is 25.6 Å². The number of ether oxygens (including phenoxy) is 1. The predicted octanol–water partition coefficient (Wildman–Crippen LogP) is 1.56. The van der Waals surface area contributed by atoms with E-state index in [1.54, 1.807) is 13.3 Å². The Bertz CT molecular complexity index is 508. The third-order valence-electron chi connectivity index (χ3n) is 3.01. The maximum Gasteiger partial charge on any atom is 0.118 e. The summed E-state index contributed by atoms with van der Waals surface area (Å²) < 4.78 is 5.14. The molecule has 0 saturated carbocycles. The molecule has 0 spiro atoms. The first kappa shape index (κ1) is 13.6. The largest absolute Gasteiger partial charge is 0.497 e. The van der Waals surface area contributed by atoms with Crippen LogP contribution in [0.1, 0.15) is 12.5 Å². The van der Waals surface area contributed by atoms with Crippen LogP contribution in [0.5, 0.6) is 5.75 Å². The third-order valence-corrected chi connectivity index (χ3v) is 3.01. The topological polar surface area (TPSA) is 70.2 Å². The minimum atomic E-state index is 0.0682. The van der Waals surface area contributed by atoms with Crippen molar-refractivity contribution in [3.05, 3.63) is 36.0 Å². The van der Waals surface area contributed by atoms with Gasteiger partial charge in [0.15, 0.2) is 0 Å². The molecule has 0 fully saturated rings. The van der Waals surface area contributed by atoms with Crippen LogP contribution in [0.25, 0.3) is 11.3 Å². The Morgan fingerprint density at radius 3 is 2.74 bits per heavy atom. The lowest BCUT2D eigenvalue weighted by Gasteiger charge is -2.10. The molecule has 5 nitrogen and oxygen atoms in total. The van der Waals surface area contributed by atoms with E-state index in [1.165, 1.54) is 0 Å². The number of aliphatic hydroxyl groups excluding tert-OH is 1. The van der Waals surface area contributed by atoms with Gasteiger partial charge in [-0.2, -0.15) is 5.10 Å². The lowest BCUT2D eigenvalue weighted by molar-refractivity contribution is 0.251. The first-order valence-electron chi connectivity index (χ1n) is 6.25. The summed E-state index contributed by atoms with van der Waals surface area (Å²) in [5.74, 6) is 0.830. The summed E-state index contributed by atoms with van der Waals surface area (Å²) >= 11 is 0. The molecule has 0 aliphatic carbocycles. The van der Waals surface area contributed by atoms with Crippen molar-refractivity contribution >= 4 is 0 Å². The summed E-state index contributed by atoms with van der Waals surface area (Å²) in [4.78, 5) is 0. The highest BCUT2D eigenvalue weighted by atomic mass is 16.5. The van der Waals surface area contributed by atoms with Gasteiger partial charge in [0.1, 0.15) is 5.75 Å². The molecule has 3 N–H and O–H groups in total. The van der Waals surface area contributed by atoms with Gasteiger partial charge < -0.3 is 15.2 Å². The zero-order valence-electron chi connectivity index (χ0n) is 11.2. The minimum absolute atomic E-state index is 0.0682. The number of aromatic nitrogens is 2. The quantitative estimate of drug-likeness (QED) is 0.738. The smallest absolute Gasteiger partial charge is 0.118 e. The van der Waals surface area contributed by atoms with Crippen molar-refractivity contribution in [1.29, 1.82) is 0 Å². The van der Waals surface area contributed by atoms with Crippen molar-refractivity contribution in [3.8, 4) is 17.0 Å². The number of benzene rings is 1. The van der Waals surface area contributed by atoms with E-state index in [0.717, 1.165) is 22.6 Å². The van der Waals surface area contributed by atoms with Crippen molar-refractivity contribution in [2.24, 2.45) is 0 Å². The van der Waals surface area contributed by atoms with Crippen molar-refractivity contribution in [2.45, 2.75) is 19.5 Å². The van der Waals surface area contributed by atoms with Crippen molar-refractivity contribution in [1.82, 2.24) is 15.5 Å². The van der Waals surface area contributed by atoms with E-state index in [0.29, 0.717) is 6.54 Å². The average molecular weight is 261 g/mol. The van der Waals surface area contributed by atoms with Crippen LogP contribution in [0, 0.1) is 0 Å². The van der Waals surface area contributed by atoms with Crippen LogP contribution in [0.2, 0.25) is 0 Å². The van der Waals surface area contributed by atoms with Gasteiger partial charge in [0.2, 0.25) is 0 Å². The van der Waals surface area contributed by atoms with E-state index in [4.69, 9.17) is 9.84 Å². The van der Waals surface area contributed by atoms with Gasteiger partial charge in [-0.05, 0) is 31.2 Å². The number of nitrogens with zero attached hydrogens (tertiary/aromatic N) is 1. The van der Waals surface area contributed by atoms with Gasteiger partial charge in [-0.15, -0.1) is 0 Å². The fourth-order valence-corrected chi connectivity index (χ4v) is 1.80. The van der Waals surface area contributed by atoms with E-state index in [-0.39, 0.29) is 12.6 Å². The lowest BCUT2D eigenvalue weighted by atomic mass is 10.1. The molecular weight excluding hydrogens is 242 g/mol. The fraction of sp³-hybridized carbons (Fsp3) is 0.357. The van der Waals surface area contributed by atoms with Crippen LogP contribution in [-0.2, 0) is 6.54 Å². The average Bonchev–Trinajstić information content (AvgIpc) is 2.93. The number of H-pyrrole nitrogens is 1. The molecule has 5 heteroatoms.